The van der Waals surface area contributed by atoms with E-state index in [0.29, 0.717) is 23.8 Å². The fraction of sp³-hybridized carbons (Fsp3) is 0.348. The van der Waals surface area contributed by atoms with Crippen LogP contribution >= 0.6 is 0 Å². The summed E-state index contributed by atoms with van der Waals surface area (Å²) in [6.45, 7) is 0.712. The minimum Gasteiger partial charge on any atom is -0.444 e. The van der Waals surface area contributed by atoms with E-state index >= 15 is 0 Å². The Morgan fingerprint density at radius 1 is 1.12 bits per heavy atom. The van der Waals surface area contributed by atoms with Crippen LogP contribution in [0.25, 0.3) is 11.0 Å². The number of anilines is 1. The van der Waals surface area contributed by atoms with Crippen molar-refractivity contribution in [3.8, 4) is 0 Å². The monoisotopic (exact) mass is 449 g/mol. The van der Waals surface area contributed by atoms with Gasteiger partial charge in [0.1, 0.15) is 6.61 Å². The molecule has 33 heavy (non-hydrogen) atoms. The van der Waals surface area contributed by atoms with Crippen molar-refractivity contribution in [1.29, 1.82) is 5.41 Å². The van der Waals surface area contributed by atoms with Crippen LogP contribution in [-0.2, 0) is 16.1 Å². The number of amides is 2. The fourth-order valence-electron chi connectivity index (χ4n) is 3.98. The van der Waals surface area contributed by atoms with E-state index in [4.69, 9.17) is 10.1 Å². The van der Waals surface area contributed by atoms with Crippen LogP contribution in [0.5, 0.6) is 0 Å². The first-order chi connectivity index (χ1) is 16.1. The Bertz CT molecular complexity index is 1110. The maximum atomic E-state index is 12.7. The molecule has 0 spiro atoms. The molecule has 1 aromatic carbocycles. The Labute approximate surface area is 191 Å². The topological polar surface area (TPSA) is 145 Å². The summed E-state index contributed by atoms with van der Waals surface area (Å²) in [6, 6.07) is 11.1. The molecule has 5 N–H and O–H groups in total. The molecular formula is C23H27N7O3. The summed E-state index contributed by atoms with van der Waals surface area (Å²) in [6.07, 6.45) is 5.91. The molecule has 1 fully saturated rings. The van der Waals surface area contributed by atoms with E-state index < -0.39 is 6.09 Å². The number of pyridine rings is 1. The van der Waals surface area contributed by atoms with Crippen LogP contribution in [0.1, 0.15) is 31.2 Å². The third kappa shape index (κ3) is 6.06. The lowest BCUT2D eigenvalue weighted by Crippen LogP contribution is -2.43. The van der Waals surface area contributed by atoms with Gasteiger partial charge in [-0.25, -0.2) is 9.78 Å². The molecule has 2 aromatic heterocycles. The summed E-state index contributed by atoms with van der Waals surface area (Å²) in [4.78, 5) is 28.7. The highest BCUT2D eigenvalue weighted by atomic mass is 16.5. The molecule has 1 saturated carbocycles. The standard InChI is InChI=1S/C23H27N7O3/c24-22(29-23(32)33-14-16-4-2-1-3-5-16)26-12-15-6-8-17(9-7-15)21(31)28-19-10-11-25-20-18(19)13-27-30-20/h1-5,10-11,13,15,17H,6-9,12,14H2,(H3,24,26,29,32)(H2,25,27,28,30,31)/t15-,17-. The third-order valence-electron chi connectivity index (χ3n) is 5.84. The number of H-pyrrole nitrogens is 1. The van der Waals surface area contributed by atoms with Crippen molar-refractivity contribution < 1.29 is 14.3 Å². The Kier molecular flexibility index (Phi) is 7.13. The van der Waals surface area contributed by atoms with Crippen LogP contribution in [0.4, 0.5) is 10.5 Å². The Morgan fingerprint density at radius 2 is 1.91 bits per heavy atom. The van der Waals surface area contributed by atoms with E-state index in [2.05, 4.69) is 31.1 Å². The molecular weight excluding hydrogens is 422 g/mol. The smallest absolute Gasteiger partial charge is 0.414 e. The zero-order chi connectivity index (χ0) is 23.0. The first kappa shape index (κ1) is 22.3. The molecule has 1 aliphatic rings. The SMILES string of the molecule is N=C(NC[C@H]1CC[C@H](C(=O)Nc2ccnc3[nH]ncc23)CC1)NC(=O)OCc1ccccc1. The van der Waals surface area contributed by atoms with Crippen molar-refractivity contribution in [2.45, 2.75) is 32.3 Å². The second kappa shape index (κ2) is 10.6. The first-order valence-electron chi connectivity index (χ1n) is 11.0. The van der Waals surface area contributed by atoms with Crippen molar-refractivity contribution in [3.05, 3.63) is 54.4 Å². The number of hydrogen-bond acceptors (Lipinski definition) is 6. The predicted octanol–water partition coefficient (Wildman–Crippen LogP) is 3.15. The number of nitrogens with zero attached hydrogens (tertiary/aromatic N) is 2. The fourth-order valence-corrected chi connectivity index (χ4v) is 3.98. The highest BCUT2D eigenvalue weighted by Gasteiger charge is 2.27. The quantitative estimate of drug-likeness (QED) is 0.289. The summed E-state index contributed by atoms with van der Waals surface area (Å²) in [5.41, 5.74) is 2.23. The van der Waals surface area contributed by atoms with Gasteiger partial charge in [0, 0.05) is 18.7 Å². The number of aromatic nitrogens is 3. The maximum Gasteiger partial charge on any atom is 0.414 e. The summed E-state index contributed by atoms with van der Waals surface area (Å²) < 4.78 is 5.12. The number of ether oxygens (including phenoxy) is 1. The van der Waals surface area contributed by atoms with Gasteiger partial charge in [-0.3, -0.25) is 20.6 Å². The number of benzene rings is 1. The van der Waals surface area contributed by atoms with Gasteiger partial charge in [-0.15, -0.1) is 0 Å². The van der Waals surface area contributed by atoms with Gasteiger partial charge in [-0.1, -0.05) is 30.3 Å². The number of carbonyl (C=O) groups is 2. The zero-order valence-electron chi connectivity index (χ0n) is 18.1. The number of hydrogen-bond donors (Lipinski definition) is 5. The van der Waals surface area contributed by atoms with E-state index in [9.17, 15) is 9.59 Å². The molecule has 3 aromatic rings. The maximum absolute atomic E-state index is 12.7. The summed E-state index contributed by atoms with van der Waals surface area (Å²) >= 11 is 0. The van der Waals surface area contributed by atoms with Crippen LogP contribution < -0.4 is 16.0 Å². The molecule has 4 rings (SSSR count). The highest BCUT2D eigenvalue weighted by molar-refractivity contribution is 6.00. The second-order valence-corrected chi connectivity index (χ2v) is 8.14. The van der Waals surface area contributed by atoms with Crippen molar-refractivity contribution in [2.75, 3.05) is 11.9 Å². The van der Waals surface area contributed by atoms with E-state index in [1.165, 1.54) is 0 Å². The molecule has 1 aliphatic carbocycles. The Balaban J connectivity index is 1.15. The molecule has 2 amide bonds. The number of nitrogens with one attached hydrogen (secondary N) is 5. The number of alkyl carbamates (subject to hydrolysis) is 1. The van der Waals surface area contributed by atoms with Crippen molar-refractivity contribution in [1.82, 2.24) is 25.8 Å². The van der Waals surface area contributed by atoms with Crippen molar-refractivity contribution >= 4 is 34.7 Å². The predicted molar refractivity (Wildman–Crippen MR) is 123 cm³/mol. The molecule has 172 valence electrons. The minimum atomic E-state index is -0.667. The summed E-state index contributed by atoms with van der Waals surface area (Å²) in [7, 11) is 0. The van der Waals surface area contributed by atoms with Gasteiger partial charge in [-0.2, -0.15) is 5.10 Å². The molecule has 10 heteroatoms. The van der Waals surface area contributed by atoms with Crippen LogP contribution in [0, 0.1) is 17.2 Å². The van der Waals surface area contributed by atoms with Gasteiger partial charge in [-0.05, 0) is 43.2 Å². The van der Waals surface area contributed by atoms with Crippen LogP contribution in [0.15, 0.2) is 48.8 Å². The molecule has 2 heterocycles. The van der Waals surface area contributed by atoms with E-state index in [0.717, 1.165) is 36.6 Å². The number of rotatable bonds is 6. The molecule has 0 radical (unpaired) electrons. The molecule has 0 atom stereocenters. The van der Waals surface area contributed by atoms with Gasteiger partial charge < -0.3 is 15.4 Å². The van der Waals surface area contributed by atoms with Gasteiger partial charge in [0.25, 0.3) is 0 Å². The molecule has 0 bridgehead atoms. The van der Waals surface area contributed by atoms with Gasteiger partial charge >= 0.3 is 6.09 Å². The lowest BCUT2D eigenvalue weighted by molar-refractivity contribution is -0.121. The third-order valence-corrected chi connectivity index (χ3v) is 5.84. The lowest BCUT2D eigenvalue weighted by atomic mass is 9.81. The minimum absolute atomic E-state index is 0.00526. The Hall–Kier alpha value is -3.95. The number of aromatic amines is 1. The molecule has 10 nitrogen and oxygen atoms in total. The van der Waals surface area contributed by atoms with Crippen molar-refractivity contribution in [3.63, 3.8) is 0 Å². The summed E-state index contributed by atoms with van der Waals surface area (Å²) in [5, 5.41) is 23.8. The average Bonchev–Trinajstić information content (AvgIpc) is 3.32. The molecule has 0 unspecified atom stereocenters. The largest absolute Gasteiger partial charge is 0.444 e. The lowest BCUT2D eigenvalue weighted by Gasteiger charge is -2.28. The normalized spacial score (nSPS) is 17.8. The second-order valence-electron chi connectivity index (χ2n) is 8.14. The van der Waals surface area contributed by atoms with Crippen LogP contribution in [0.3, 0.4) is 0 Å². The van der Waals surface area contributed by atoms with Crippen LogP contribution in [-0.4, -0.2) is 39.7 Å². The molecule has 0 aliphatic heterocycles. The number of fused-ring (bicyclic) bond motifs is 1. The van der Waals surface area contributed by atoms with Crippen LogP contribution in [0.2, 0.25) is 0 Å². The first-order valence-corrected chi connectivity index (χ1v) is 11.0. The van der Waals surface area contributed by atoms with E-state index in [1.807, 2.05) is 30.3 Å². The Morgan fingerprint density at radius 3 is 2.70 bits per heavy atom. The van der Waals surface area contributed by atoms with E-state index in [1.54, 1.807) is 18.5 Å². The van der Waals surface area contributed by atoms with Gasteiger partial charge in [0.05, 0.1) is 17.3 Å². The summed E-state index contributed by atoms with van der Waals surface area (Å²) in [5.74, 6) is 0.195. The van der Waals surface area contributed by atoms with Crippen molar-refractivity contribution in [2.24, 2.45) is 11.8 Å². The zero-order valence-corrected chi connectivity index (χ0v) is 18.1. The number of guanidine groups is 1. The highest BCUT2D eigenvalue weighted by Crippen LogP contribution is 2.30. The van der Waals surface area contributed by atoms with Gasteiger partial charge in [0.2, 0.25) is 5.91 Å². The van der Waals surface area contributed by atoms with Gasteiger partial charge in [0.15, 0.2) is 11.6 Å². The van der Waals surface area contributed by atoms with E-state index in [-0.39, 0.29) is 24.4 Å². The average molecular weight is 450 g/mol. The molecule has 0 saturated heterocycles. The number of carbonyl (C=O) groups excluding carboxylic acids is 2.